The van der Waals surface area contributed by atoms with Crippen molar-refractivity contribution in [3.8, 4) is 0 Å². The molecular weight excluding hydrogens is 364 g/mol. The molecule has 0 bridgehead atoms. The molecule has 0 saturated carbocycles. The number of hydrogen-bond acceptors (Lipinski definition) is 3. The predicted molar refractivity (Wildman–Crippen MR) is 111 cm³/mol. The third-order valence-corrected chi connectivity index (χ3v) is 6.34. The number of amides is 2. The highest BCUT2D eigenvalue weighted by atomic mass is 16.5. The van der Waals surface area contributed by atoms with E-state index in [4.69, 9.17) is 4.74 Å². The highest BCUT2D eigenvalue weighted by Gasteiger charge is 2.52. The second kappa shape index (κ2) is 8.37. The lowest BCUT2D eigenvalue weighted by molar-refractivity contribution is -0.137. The second-order valence-electron chi connectivity index (χ2n) is 8.08. The molecule has 0 N–H and O–H groups in total. The normalized spacial score (nSPS) is 21.5. The molecule has 0 aliphatic carbocycles. The fourth-order valence-corrected chi connectivity index (χ4v) is 4.70. The number of likely N-dealkylation sites (tertiary alicyclic amines) is 2. The van der Waals surface area contributed by atoms with Crippen LogP contribution >= 0.6 is 0 Å². The minimum absolute atomic E-state index is 0.0856. The summed E-state index contributed by atoms with van der Waals surface area (Å²) in [6.07, 6.45) is 1.57. The summed E-state index contributed by atoms with van der Waals surface area (Å²) < 4.78 is 5.13. The van der Waals surface area contributed by atoms with Crippen molar-refractivity contribution < 1.29 is 14.3 Å². The van der Waals surface area contributed by atoms with Gasteiger partial charge in [0, 0.05) is 33.3 Å². The van der Waals surface area contributed by atoms with Crippen molar-refractivity contribution >= 4 is 11.8 Å². The van der Waals surface area contributed by atoms with Crippen molar-refractivity contribution in [2.24, 2.45) is 5.41 Å². The molecule has 5 heteroatoms. The van der Waals surface area contributed by atoms with Crippen LogP contribution in [-0.2, 0) is 14.3 Å². The van der Waals surface area contributed by atoms with Crippen LogP contribution in [0.4, 0.5) is 0 Å². The van der Waals surface area contributed by atoms with E-state index in [2.05, 4.69) is 0 Å². The monoisotopic (exact) mass is 392 g/mol. The van der Waals surface area contributed by atoms with Gasteiger partial charge in [-0.2, -0.15) is 0 Å². The molecule has 2 aromatic rings. The van der Waals surface area contributed by atoms with Crippen molar-refractivity contribution in [3.05, 3.63) is 71.8 Å². The number of methoxy groups -OCH3 is 1. The van der Waals surface area contributed by atoms with Crippen LogP contribution in [-0.4, -0.2) is 61.5 Å². The molecule has 0 aromatic heterocycles. The summed E-state index contributed by atoms with van der Waals surface area (Å²) in [5.74, 6) is -0.0723. The average Bonchev–Trinajstić information content (AvgIpc) is 3.33. The summed E-state index contributed by atoms with van der Waals surface area (Å²) in [6.45, 7) is 3.09. The molecular formula is C24H28N2O3. The smallest absolute Gasteiger partial charge is 0.234 e. The largest absolute Gasteiger partial charge is 0.383 e. The topological polar surface area (TPSA) is 49.9 Å². The Hall–Kier alpha value is -2.66. The Morgan fingerprint density at radius 3 is 2.17 bits per heavy atom. The molecule has 152 valence electrons. The van der Waals surface area contributed by atoms with Crippen molar-refractivity contribution in [2.45, 2.75) is 18.8 Å². The SMILES string of the molecule is COCCN1CCC2(CCN(C(=O)C(c3ccccc3)c3ccccc3)C2)C1=O. The summed E-state index contributed by atoms with van der Waals surface area (Å²) in [5, 5.41) is 0. The lowest BCUT2D eigenvalue weighted by atomic mass is 9.85. The Morgan fingerprint density at radius 1 is 1.00 bits per heavy atom. The minimum Gasteiger partial charge on any atom is -0.383 e. The van der Waals surface area contributed by atoms with Gasteiger partial charge in [0.05, 0.1) is 17.9 Å². The number of nitrogens with zero attached hydrogens (tertiary/aromatic N) is 2. The van der Waals surface area contributed by atoms with Crippen LogP contribution in [0.3, 0.4) is 0 Å². The van der Waals surface area contributed by atoms with E-state index in [0.717, 1.165) is 30.5 Å². The molecule has 4 rings (SSSR count). The van der Waals surface area contributed by atoms with E-state index in [1.807, 2.05) is 70.5 Å². The van der Waals surface area contributed by atoms with Crippen LogP contribution in [0.1, 0.15) is 29.9 Å². The van der Waals surface area contributed by atoms with Crippen LogP contribution in [0.25, 0.3) is 0 Å². The summed E-state index contributed by atoms with van der Waals surface area (Å²) >= 11 is 0. The summed E-state index contributed by atoms with van der Waals surface area (Å²) in [7, 11) is 1.65. The second-order valence-corrected chi connectivity index (χ2v) is 8.08. The fourth-order valence-electron chi connectivity index (χ4n) is 4.70. The van der Waals surface area contributed by atoms with Gasteiger partial charge >= 0.3 is 0 Å². The van der Waals surface area contributed by atoms with Gasteiger partial charge in [-0.3, -0.25) is 9.59 Å². The maximum Gasteiger partial charge on any atom is 0.234 e. The maximum atomic E-state index is 13.6. The standard InChI is InChI=1S/C24H28N2O3/c1-29-17-16-25-14-12-24(23(25)28)13-15-26(18-24)22(27)21(19-8-4-2-5-9-19)20-10-6-3-7-11-20/h2-11,21H,12-18H2,1H3. The zero-order valence-electron chi connectivity index (χ0n) is 16.9. The molecule has 1 spiro atoms. The van der Waals surface area contributed by atoms with E-state index in [0.29, 0.717) is 26.2 Å². The molecule has 1 atom stereocenters. The lowest BCUT2D eigenvalue weighted by Gasteiger charge is -2.27. The predicted octanol–water partition coefficient (Wildman–Crippen LogP) is 2.92. The average molecular weight is 392 g/mol. The number of carbonyl (C=O) groups excluding carboxylic acids is 2. The quantitative estimate of drug-likeness (QED) is 0.760. The molecule has 1 unspecified atom stereocenters. The Labute approximate surface area is 172 Å². The Morgan fingerprint density at radius 2 is 1.59 bits per heavy atom. The minimum atomic E-state index is -0.415. The first-order chi connectivity index (χ1) is 14.1. The van der Waals surface area contributed by atoms with Gasteiger partial charge in [-0.1, -0.05) is 60.7 Å². The van der Waals surface area contributed by atoms with Crippen LogP contribution < -0.4 is 0 Å². The molecule has 29 heavy (non-hydrogen) atoms. The highest BCUT2D eigenvalue weighted by molar-refractivity contribution is 5.90. The van der Waals surface area contributed by atoms with Gasteiger partial charge in [0.15, 0.2) is 0 Å². The third-order valence-electron chi connectivity index (χ3n) is 6.34. The molecule has 2 aliphatic heterocycles. The Kier molecular flexibility index (Phi) is 5.67. The van der Waals surface area contributed by atoms with Gasteiger partial charge in [-0.25, -0.2) is 0 Å². The number of carbonyl (C=O) groups is 2. The van der Waals surface area contributed by atoms with Crippen molar-refractivity contribution in [1.82, 2.24) is 9.80 Å². The zero-order valence-corrected chi connectivity index (χ0v) is 16.9. The van der Waals surface area contributed by atoms with E-state index in [1.54, 1.807) is 7.11 Å². The van der Waals surface area contributed by atoms with E-state index in [-0.39, 0.29) is 17.7 Å². The molecule has 5 nitrogen and oxygen atoms in total. The molecule has 2 saturated heterocycles. The first-order valence-electron chi connectivity index (χ1n) is 10.3. The van der Waals surface area contributed by atoms with E-state index in [1.165, 1.54) is 0 Å². The van der Waals surface area contributed by atoms with Gasteiger partial charge in [0.2, 0.25) is 11.8 Å². The molecule has 2 amide bonds. The Balaban J connectivity index is 1.55. The highest BCUT2D eigenvalue weighted by Crippen LogP contribution is 2.42. The molecule has 2 fully saturated rings. The van der Waals surface area contributed by atoms with Gasteiger partial charge in [0.25, 0.3) is 0 Å². The van der Waals surface area contributed by atoms with Crippen molar-refractivity contribution in [3.63, 3.8) is 0 Å². The summed E-state index contributed by atoms with van der Waals surface area (Å²) in [4.78, 5) is 30.5. The van der Waals surface area contributed by atoms with Gasteiger partial charge in [-0.15, -0.1) is 0 Å². The lowest BCUT2D eigenvalue weighted by Crippen LogP contribution is -2.40. The zero-order chi connectivity index (χ0) is 20.3. The first-order valence-corrected chi connectivity index (χ1v) is 10.3. The third kappa shape index (κ3) is 3.79. The fraction of sp³-hybridized carbons (Fsp3) is 0.417. The molecule has 2 aliphatic rings. The van der Waals surface area contributed by atoms with Gasteiger partial charge in [-0.05, 0) is 24.0 Å². The van der Waals surface area contributed by atoms with Crippen LogP contribution in [0.5, 0.6) is 0 Å². The van der Waals surface area contributed by atoms with E-state index >= 15 is 0 Å². The number of hydrogen-bond donors (Lipinski definition) is 0. The van der Waals surface area contributed by atoms with Crippen molar-refractivity contribution in [1.29, 1.82) is 0 Å². The van der Waals surface area contributed by atoms with Gasteiger partial charge < -0.3 is 14.5 Å². The number of benzene rings is 2. The first kappa shape index (κ1) is 19.6. The Bertz CT molecular complexity index is 815. The molecule has 0 radical (unpaired) electrons. The summed E-state index contributed by atoms with van der Waals surface area (Å²) in [6, 6.07) is 19.8. The maximum absolute atomic E-state index is 13.6. The van der Waals surface area contributed by atoms with E-state index < -0.39 is 5.41 Å². The van der Waals surface area contributed by atoms with E-state index in [9.17, 15) is 9.59 Å². The number of ether oxygens (including phenoxy) is 1. The molecule has 2 heterocycles. The number of rotatable bonds is 6. The van der Waals surface area contributed by atoms with Crippen LogP contribution in [0.15, 0.2) is 60.7 Å². The van der Waals surface area contributed by atoms with Crippen LogP contribution in [0, 0.1) is 5.41 Å². The van der Waals surface area contributed by atoms with Crippen molar-refractivity contribution in [2.75, 3.05) is 39.9 Å². The van der Waals surface area contributed by atoms with Crippen LogP contribution in [0.2, 0.25) is 0 Å². The van der Waals surface area contributed by atoms with Gasteiger partial charge in [0.1, 0.15) is 0 Å². The summed E-state index contributed by atoms with van der Waals surface area (Å²) in [5.41, 5.74) is 1.56. The molecule has 2 aromatic carbocycles.